The van der Waals surface area contributed by atoms with Gasteiger partial charge >= 0.3 is 0 Å². The van der Waals surface area contributed by atoms with Crippen LogP contribution in [0, 0.1) is 0 Å². The zero-order chi connectivity index (χ0) is 16.1. The highest BCUT2D eigenvalue weighted by atomic mass is 14.3. The van der Waals surface area contributed by atoms with Gasteiger partial charge in [0.25, 0.3) is 0 Å². The molecule has 0 spiro atoms. The highest BCUT2D eigenvalue weighted by molar-refractivity contribution is 5.70. The SMILES string of the molecule is CCCc1c(CC)ccc(-c2ccccc2)c1C1CCCCC1. The molecule has 1 aliphatic carbocycles. The molecule has 2 aromatic carbocycles. The zero-order valence-corrected chi connectivity index (χ0v) is 14.8. The van der Waals surface area contributed by atoms with Crippen molar-refractivity contribution in [1.29, 1.82) is 0 Å². The van der Waals surface area contributed by atoms with Crippen LogP contribution in [-0.4, -0.2) is 0 Å². The Morgan fingerprint density at radius 2 is 1.61 bits per heavy atom. The molecular weight excluding hydrogens is 276 g/mol. The largest absolute Gasteiger partial charge is 0.0651 e. The Kier molecular flexibility index (Phi) is 5.54. The molecule has 23 heavy (non-hydrogen) atoms. The van der Waals surface area contributed by atoms with Gasteiger partial charge in [-0.15, -0.1) is 0 Å². The van der Waals surface area contributed by atoms with Gasteiger partial charge in [-0.1, -0.05) is 82.0 Å². The fourth-order valence-electron chi connectivity index (χ4n) is 4.31. The highest BCUT2D eigenvalue weighted by Gasteiger charge is 2.23. The fraction of sp³-hybridized carbons (Fsp3) is 0.478. The molecule has 3 rings (SSSR count). The third-order valence-corrected chi connectivity index (χ3v) is 5.43. The zero-order valence-electron chi connectivity index (χ0n) is 14.8. The van der Waals surface area contributed by atoms with Crippen molar-refractivity contribution >= 4 is 0 Å². The molecule has 0 radical (unpaired) electrons. The lowest BCUT2D eigenvalue weighted by Crippen LogP contribution is -2.11. The molecule has 2 aromatic rings. The molecule has 1 fully saturated rings. The van der Waals surface area contributed by atoms with Crippen molar-refractivity contribution in [1.82, 2.24) is 0 Å². The van der Waals surface area contributed by atoms with Crippen molar-refractivity contribution in [2.45, 2.75) is 71.1 Å². The minimum Gasteiger partial charge on any atom is -0.0651 e. The second-order valence-corrected chi connectivity index (χ2v) is 6.97. The monoisotopic (exact) mass is 306 g/mol. The van der Waals surface area contributed by atoms with Gasteiger partial charge in [-0.25, -0.2) is 0 Å². The first-order chi connectivity index (χ1) is 11.3. The van der Waals surface area contributed by atoms with E-state index in [1.165, 1.54) is 56.1 Å². The van der Waals surface area contributed by atoms with E-state index in [9.17, 15) is 0 Å². The Balaban J connectivity index is 2.16. The summed E-state index contributed by atoms with van der Waals surface area (Å²) in [6, 6.07) is 15.8. The second-order valence-electron chi connectivity index (χ2n) is 6.97. The second kappa shape index (κ2) is 7.81. The summed E-state index contributed by atoms with van der Waals surface area (Å²) in [6.07, 6.45) is 10.6. The molecule has 0 unspecified atom stereocenters. The standard InChI is InChI=1S/C23H30/c1-3-11-21-18(4-2)16-17-22(19-12-7-5-8-13-19)23(21)20-14-9-6-10-15-20/h5,7-8,12-13,16-17,20H,3-4,6,9-11,14-15H2,1-2H3. The summed E-state index contributed by atoms with van der Waals surface area (Å²) in [7, 11) is 0. The molecule has 0 atom stereocenters. The van der Waals surface area contributed by atoms with Crippen LogP contribution in [0.3, 0.4) is 0 Å². The van der Waals surface area contributed by atoms with E-state index in [1.807, 2.05) is 0 Å². The van der Waals surface area contributed by atoms with E-state index >= 15 is 0 Å². The van der Waals surface area contributed by atoms with E-state index in [2.05, 4.69) is 56.3 Å². The topological polar surface area (TPSA) is 0 Å². The molecule has 1 saturated carbocycles. The van der Waals surface area contributed by atoms with Crippen LogP contribution in [0.4, 0.5) is 0 Å². The first-order valence-electron chi connectivity index (χ1n) is 9.55. The Labute approximate surface area is 141 Å². The van der Waals surface area contributed by atoms with E-state index in [4.69, 9.17) is 0 Å². The predicted molar refractivity (Wildman–Crippen MR) is 101 cm³/mol. The average molecular weight is 306 g/mol. The van der Waals surface area contributed by atoms with Crippen LogP contribution < -0.4 is 0 Å². The minimum atomic E-state index is 0.770. The number of aryl methyl sites for hydroxylation is 1. The third-order valence-electron chi connectivity index (χ3n) is 5.43. The molecule has 0 nitrogen and oxygen atoms in total. The van der Waals surface area contributed by atoms with Crippen LogP contribution in [0.1, 0.15) is 75.0 Å². The molecule has 0 aliphatic heterocycles. The van der Waals surface area contributed by atoms with E-state index in [-0.39, 0.29) is 0 Å². The maximum atomic E-state index is 2.40. The smallest absolute Gasteiger partial charge is 0.0146 e. The van der Waals surface area contributed by atoms with Crippen molar-refractivity contribution in [3.05, 3.63) is 59.2 Å². The molecule has 0 bridgehead atoms. The average Bonchev–Trinajstić information content (AvgIpc) is 2.63. The Morgan fingerprint density at radius 1 is 0.870 bits per heavy atom. The summed E-state index contributed by atoms with van der Waals surface area (Å²) in [5.41, 5.74) is 7.83. The van der Waals surface area contributed by atoms with Gasteiger partial charge in [0.15, 0.2) is 0 Å². The van der Waals surface area contributed by atoms with Crippen molar-refractivity contribution in [3.8, 4) is 11.1 Å². The fourth-order valence-corrected chi connectivity index (χ4v) is 4.31. The van der Waals surface area contributed by atoms with Crippen molar-refractivity contribution in [2.24, 2.45) is 0 Å². The summed E-state index contributed by atoms with van der Waals surface area (Å²) < 4.78 is 0. The van der Waals surface area contributed by atoms with Crippen LogP contribution in [-0.2, 0) is 12.8 Å². The Morgan fingerprint density at radius 3 is 2.26 bits per heavy atom. The predicted octanol–water partition coefficient (Wildman–Crippen LogP) is 6.92. The molecule has 1 aliphatic rings. The molecule has 0 amide bonds. The third kappa shape index (κ3) is 3.52. The van der Waals surface area contributed by atoms with Gasteiger partial charge < -0.3 is 0 Å². The van der Waals surface area contributed by atoms with Gasteiger partial charge in [-0.2, -0.15) is 0 Å². The highest BCUT2D eigenvalue weighted by Crippen LogP contribution is 2.41. The van der Waals surface area contributed by atoms with Crippen LogP contribution >= 0.6 is 0 Å². The Hall–Kier alpha value is -1.56. The lowest BCUT2D eigenvalue weighted by Gasteiger charge is -2.28. The lowest BCUT2D eigenvalue weighted by molar-refractivity contribution is 0.442. The molecule has 0 aromatic heterocycles. The summed E-state index contributed by atoms with van der Waals surface area (Å²) in [5, 5.41) is 0. The van der Waals surface area contributed by atoms with Crippen LogP contribution in [0.2, 0.25) is 0 Å². The van der Waals surface area contributed by atoms with E-state index in [0.29, 0.717) is 0 Å². The van der Waals surface area contributed by atoms with Crippen molar-refractivity contribution in [3.63, 3.8) is 0 Å². The quantitative estimate of drug-likeness (QED) is 0.562. The summed E-state index contributed by atoms with van der Waals surface area (Å²) in [5.74, 6) is 0.770. The summed E-state index contributed by atoms with van der Waals surface area (Å²) in [6.45, 7) is 4.63. The van der Waals surface area contributed by atoms with Crippen molar-refractivity contribution in [2.75, 3.05) is 0 Å². The normalized spacial score (nSPS) is 15.7. The van der Waals surface area contributed by atoms with E-state index < -0.39 is 0 Å². The minimum absolute atomic E-state index is 0.770. The van der Waals surface area contributed by atoms with E-state index in [0.717, 1.165) is 12.3 Å². The van der Waals surface area contributed by atoms with Crippen LogP contribution in [0.15, 0.2) is 42.5 Å². The first-order valence-corrected chi connectivity index (χ1v) is 9.55. The van der Waals surface area contributed by atoms with Crippen LogP contribution in [0.5, 0.6) is 0 Å². The van der Waals surface area contributed by atoms with Gasteiger partial charge in [0.1, 0.15) is 0 Å². The molecule has 0 saturated heterocycles. The molecular formula is C23H30. The molecule has 0 heterocycles. The van der Waals surface area contributed by atoms with Crippen molar-refractivity contribution < 1.29 is 0 Å². The number of hydrogen-bond acceptors (Lipinski definition) is 0. The lowest BCUT2D eigenvalue weighted by atomic mass is 9.76. The van der Waals surface area contributed by atoms with Gasteiger partial charge in [0.05, 0.1) is 0 Å². The summed E-state index contributed by atoms with van der Waals surface area (Å²) >= 11 is 0. The van der Waals surface area contributed by atoms with Crippen LogP contribution in [0.25, 0.3) is 11.1 Å². The summed E-state index contributed by atoms with van der Waals surface area (Å²) in [4.78, 5) is 0. The molecule has 0 N–H and O–H groups in total. The maximum Gasteiger partial charge on any atom is -0.0146 e. The van der Waals surface area contributed by atoms with Gasteiger partial charge in [0, 0.05) is 0 Å². The number of rotatable bonds is 5. The van der Waals surface area contributed by atoms with Gasteiger partial charge in [0.2, 0.25) is 0 Å². The Bertz CT molecular complexity index is 618. The number of benzene rings is 2. The van der Waals surface area contributed by atoms with Gasteiger partial charge in [-0.05, 0) is 59.4 Å². The first kappa shape index (κ1) is 16.3. The molecule has 122 valence electrons. The van der Waals surface area contributed by atoms with E-state index in [1.54, 1.807) is 16.7 Å². The number of hydrogen-bond donors (Lipinski definition) is 0. The molecule has 0 heteroatoms. The maximum absolute atomic E-state index is 2.40. The van der Waals surface area contributed by atoms with Gasteiger partial charge in [-0.3, -0.25) is 0 Å².